The molecule has 2 amide bonds. The van der Waals surface area contributed by atoms with Gasteiger partial charge in [-0.3, -0.25) is 9.59 Å². The largest absolute Gasteiger partial charge is 0.488 e. The molecule has 1 unspecified atom stereocenters. The van der Waals surface area contributed by atoms with E-state index in [2.05, 4.69) is 15.8 Å². The molecule has 0 heterocycles. The van der Waals surface area contributed by atoms with Gasteiger partial charge in [-0.15, -0.1) is 0 Å². The summed E-state index contributed by atoms with van der Waals surface area (Å²) in [5.74, 6) is -0.399. The first-order valence-corrected chi connectivity index (χ1v) is 11.9. The van der Waals surface area contributed by atoms with Crippen LogP contribution in [0.15, 0.2) is 71.8 Å². The summed E-state index contributed by atoms with van der Waals surface area (Å²) in [6, 6.07) is 18.2. The van der Waals surface area contributed by atoms with Crippen LogP contribution in [0.3, 0.4) is 0 Å². The van der Waals surface area contributed by atoms with Crippen molar-refractivity contribution in [2.75, 3.05) is 0 Å². The van der Waals surface area contributed by atoms with Crippen LogP contribution in [0.5, 0.6) is 5.75 Å². The Morgan fingerprint density at radius 1 is 0.971 bits per heavy atom. The van der Waals surface area contributed by atoms with Gasteiger partial charge in [-0.1, -0.05) is 66.8 Å². The third-order valence-electron chi connectivity index (χ3n) is 5.02. The van der Waals surface area contributed by atoms with Crippen LogP contribution < -0.4 is 15.5 Å². The Morgan fingerprint density at radius 3 is 2.37 bits per heavy atom. The summed E-state index contributed by atoms with van der Waals surface area (Å²) in [7, 11) is 0. The van der Waals surface area contributed by atoms with Gasteiger partial charge in [0.15, 0.2) is 0 Å². The van der Waals surface area contributed by atoms with Crippen LogP contribution in [-0.2, 0) is 11.4 Å². The zero-order valence-corrected chi connectivity index (χ0v) is 21.4. The molecule has 0 aliphatic rings. The number of halogens is 3. The molecule has 3 aromatic rings. The van der Waals surface area contributed by atoms with E-state index >= 15 is 0 Å². The molecule has 3 rings (SSSR count). The Morgan fingerprint density at radius 2 is 1.69 bits per heavy atom. The molecule has 0 fully saturated rings. The highest BCUT2D eigenvalue weighted by Crippen LogP contribution is 2.24. The summed E-state index contributed by atoms with van der Waals surface area (Å²) in [5, 5.41) is 8.26. The maximum atomic E-state index is 12.7. The number of rotatable bonds is 9. The van der Waals surface area contributed by atoms with Gasteiger partial charge >= 0.3 is 0 Å². The number of hydrogen-bond acceptors (Lipinski definition) is 4. The van der Waals surface area contributed by atoms with E-state index in [9.17, 15) is 9.59 Å². The average molecular weight is 533 g/mol. The zero-order valence-electron chi connectivity index (χ0n) is 19.1. The second kappa shape index (κ2) is 12.6. The number of benzene rings is 3. The molecule has 182 valence electrons. The highest BCUT2D eigenvalue weighted by atomic mass is 35.5. The summed E-state index contributed by atoms with van der Waals surface area (Å²) in [6.07, 6.45) is 1.49. The van der Waals surface area contributed by atoms with Crippen molar-refractivity contribution >= 4 is 52.8 Å². The van der Waals surface area contributed by atoms with E-state index in [4.69, 9.17) is 39.5 Å². The minimum absolute atomic E-state index is 0.164. The monoisotopic (exact) mass is 531 g/mol. The third-order valence-corrected chi connectivity index (χ3v) is 6.01. The number of para-hydroxylation sites is 1. The number of nitrogens with zero attached hydrogens (tertiary/aromatic N) is 1. The van der Waals surface area contributed by atoms with Crippen molar-refractivity contribution in [3.63, 3.8) is 0 Å². The van der Waals surface area contributed by atoms with E-state index in [1.807, 2.05) is 38.1 Å². The number of amides is 2. The number of carbonyl (C=O) groups excluding carboxylic acids is 2. The lowest BCUT2D eigenvalue weighted by Gasteiger charge is -2.20. The van der Waals surface area contributed by atoms with Crippen molar-refractivity contribution in [1.82, 2.24) is 10.7 Å². The topological polar surface area (TPSA) is 79.8 Å². The van der Waals surface area contributed by atoms with Gasteiger partial charge in [0, 0.05) is 16.1 Å². The molecule has 6 nitrogen and oxygen atoms in total. The molecular formula is C26H24Cl3N3O3. The van der Waals surface area contributed by atoms with Crippen LogP contribution in [0.25, 0.3) is 0 Å². The minimum atomic E-state index is -0.781. The first-order valence-electron chi connectivity index (χ1n) is 10.8. The van der Waals surface area contributed by atoms with Gasteiger partial charge in [-0.2, -0.15) is 5.10 Å². The molecule has 2 N–H and O–H groups in total. The van der Waals surface area contributed by atoms with E-state index < -0.39 is 11.9 Å². The molecule has 0 aliphatic carbocycles. The maximum Gasteiger partial charge on any atom is 0.262 e. The van der Waals surface area contributed by atoms with E-state index in [0.29, 0.717) is 31.9 Å². The highest BCUT2D eigenvalue weighted by Gasteiger charge is 2.24. The van der Waals surface area contributed by atoms with Gasteiger partial charge < -0.3 is 10.1 Å². The molecule has 9 heteroatoms. The Labute approximate surface area is 219 Å². The highest BCUT2D eigenvalue weighted by molar-refractivity contribution is 6.42. The first kappa shape index (κ1) is 26.5. The van der Waals surface area contributed by atoms with E-state index in [0.717, 1.165) is 5.56 Å². The quantitative estimate of drug-likeness (QED) is 0.257. The summed E-state index contributed by atoms with van der Waals surface area (Å²) >= 11 is 17.9. The summed E-state index contributed by atoms with van der Waals surface area (Å²) in [5.41, 5.74) is 4.43. The van der Waals surface area contributed by atoms with Crippen LogP contribution in [0.2, 0.25) is 15.1 Å². The SMILES string of the molecule is CC(C)C(NC(=O)c1ccc(Cl)cc1)C(=O)N/N=C\c1ccccc1OCc1ccc(Cl)c(Cl)c1. The molecule has 35 heavy (non-hydrogen) atoms. The number of ether oxygens (including phenoxy) is 1. The van der Waals surface area contributed by atoms with Crippen LogP contribution >= 0.6 is 34.8 Å². The second-order valence-electron chi connectivity index (χ2n) is 8.01. The molecule has 1 atom stereocenters. The molecular weight excluding hydrogens is 509 g/mol. The van der Waals surface area contributed by atoms with Crippen molar-refractivity contribution in [1.29, 1.82) is 0 Å². The fourth-order valence-corrected chi connectivity index (χ4v) is 3.55. The standard InChI is InChI=1S/C26H24Cl3N3O3/c1-16(2)24(31-25(33)18-8-10-20(27)11-9-18)26(34)32-30-14-19-5-3-4-6-23(19)35-15-17-7-12-21(28)22(29)13-17/h3-14,16,24H,15H2,1-2H3,(H,31,33)(H,32,34)/b30-14-. The lowest BCUT2D eigenvalue weighted by molar-refractivity contribution is -0.123. The van der Waals surface area contributed by atoms with Crippen LogP contribution in [-0.4, -0.2) is 24.1 Å². The maximum absolute atomic E-state index is 12.7. The van der Waals surface area contributed by atoms with Gasteiger partial charge in [-0.25, -0.2) is 5.43 Å². The Kier molecular flexibility index (Phi) is 9.55. The molecule has 0 radical (unpaired) electrons. The molecule has 3 aromatic carbocycles. The van der Waals surface area contributed by atoms with Gasteiger partial charge in [0.1, 0.15) is 18.4 Å². The number of nitrogens with one attached hydrogen (secondary N) is 2. The number of hydrogen-bond donors (Lipinski definition) is 2. The molecule has 0 aromatic heterocycles. The fraction of sp³-hybridized carbons (Fsp3) is 0.192. The van der Waals surface area contributed by atoms with Gasteiger partial charge in [0.25, 0.3) is 11.8 Å². The zero-order chi connectivity index (χ0) is 25.4. The van der Waals surface area contributed by atoms with Crippen LogP contribution in [0.1, 0.15) is 35.3 Å². The molecule has 0 aliphatic heterocycles. The predicted octanol–water partition coefficient (Wildman–Crippen LogP) is 6.13. The van der Waals surface area contributed by atoms with Crippen molar-refractivity contribution in [3.8, 4) is 5.75 Å². The Hall–Kier alpha value is -3.06. The van der Waals surface area contributed by atoms with E-state index in [1.165, 1.54) is 6.21 Å². The fourth-order valence-electron chi connectivity index (χ4n) is 3.10. The van der Waals surface area contributed by atoms with Crippen LogP contribution in [0, 0.1) is 5.92 Å². The van der Waals surface area contributed by atoms with E-state index in [-0.39, 0.29) is 18.4 Å². The van der Waals surface area contributed by atoms with Crippen molar-refractivity contribution in [2.24, 2.45) is 11.0 Å². The van der Waals surface area contributed by atoms with Gasteiger partial charge in [0.05, 0.1) is 16.3 Å². The number of hydrazone groups is 1. The molecule has 0 bridgehead atoms. The molecule has 0 saturated heterocycles. The number of carbonyl (C=O) groups is 2. The van der Waals surface area contributed by atoms with Gasteiger partial charge in [0.2, 0.25) is 0 Å². The minimum Gasteiger partial charge on any atom is -0.488 e. The molecule has 0 saturated carbocycles. The van der Waals surface area contributed by atoms with E-state index in [1.54, 1.807) is 42.5 Å². The summed E-state index contributed by atoms with van der Waals surface area (Å²) in [6.45, 7) is 3.95. The first-order chi connectivity index (χ1) is 16.7. The smallest absolute Gasteiger partial charge is 0.262 e. The van der Waals surface area contributed by atoms with Crippen molar-refractivity contribution in [3.05, 3.63) is 98.5 Å². The summed E-state index contributed by atoms with van der Waals surface area (Å²) < 4.78 is 5.90. The Balaban J connectivity index is 1.62. The predicted molar refractivity (Wildman–Crippen MR) is 141 cm³/mol. The third kappa shape index (κ3) is 7.72. The van der Waals surface area contributed by atoms with Crippen LogP contribution in [0.4, 0.5) is 0 Å². The normalized spacial score (nSPS) is 11.9. The lowest BCUT2D eigenvalue weighted by atomic mass is 10.0. The Bertz CT molecular complexity index is 1210. The van der Waals surface area contributed by atoms with Gasteiger partial charge in [-0.05, 0) is 60.0 Å². The summed E-state index contributed by atoms with van der Waals surface area (Å²) in [4.78, 5) is 25.3. The second-order valence-corrected chi connectivity index (χ2v) is 9.26. The molecule has 0 spiro atoms. The average Bonchev–Trinajstić information content (AvgIpc) is 2.84. The van der Waals surface area contributed by atoms with Crippen molar-refractivity contribution in [2.45, 2.75) is 26.5 Å². The van der Waals surface area contributed by atoms with Crippen molar-refractivity contribution < 1.29 is 14.3 Å². The lowest BCUT2D eigenvalue weighted by Crippen LogP contribution is -2.48.